The minimum atomic E-state index is -0.502. The Kier molecular flexibility index (Phi) is 5.86. The fraction of sp³-hybridized carbons (Fsp3) is 0.111. The van der Waals surface area contributed by atoms with E-state index < -0.39 is 7.12 Å². The second-order valence-electron chi connectivity index (χ2n) is 4.59. The maximum Gasteiger partial charge on any atom is 0.554 e. The fourth-order valence-corrected chi connectivity index (χ4v) is 2.02. The number of benzene rings is 2. The molecule has 0 N–H and O–H groups in total. The first-order valence-corrected chi connectivity index (χ1v) is 6.99. The molecule has 0 fully saturated rings. The molecule has 0 spiro atoms. The van der Waals surface area contributed by atoms with Crippen molar-refractivity contribution in [2.24, 2.45) is 0 Å². The van der Waals surface area contributed by atoms with Gasteiger partial charge in [0.05, 0.1) is 6.10 Å². The third-order valence-corrected chi connectivity index (χ3v) is 3.04. The lowest BCUT2D eigenvalue weighted by Gasteiger charge is -2.21. The molecular formula is C18H19BO2. The van der Waals surface area contributed by atoms with Crippen LogP contribution in [-0.2, 0) is 4.65 Å². The van der Waals surface area contributed by atoms with Gasteiger partial charge in [-0.1, -0.05) is 54.6 Å². The minimum Gasteiger partial charge on any atom is -0.533 e. The van der Waals surface area contributed by atoms with Gasteiger partial charge in [0, 0.05) is 0 Å². The van der Waals surface area contributed by atoms with Crippen molar-refractivity contribution < 1.29 is 9.31 Å². The van der Waals surface area contributed by atoms with E-state index in [9.17, 15) is 0 Å². The fourth-order valence-electron chi connectivity index (χ4n) is 2.02. The lowest BCUT2D eigenvalue weighted by atomic mass is 9.89. The van der Waals surface area contributed by atoms with Crippen LogP contribution >= 0.6 is 0 Å². The predicted molar refractivity (Wildman–Crippen MR) is 88.1 cm³/mol. The van der Waals surface area contributed by atoms with Crippen LogP contribution in [0.15, 0.2) is 85.9 Å². The van der Waals surface area contributed by atoms with Gasteiger partial charge in [0.1, 0.15) is 5.75 Å². The molecule has 0 aliphatic carbocycles. The minimum absolute atomic E-state index is 0.101. The largest absolute Gasteiger partial charge is 0.554 e. The van der Waals surface area contributed by atoms with E-state index in [0.717, 1.165) is 11.3 Å². The average Bonchev–Trinajstić information content (AvgIpc) is 2.55. The number of hydrogen-bond acceptors (Lipinski definition) is 2. The molecule has 0 aliphatic heterocycles. The Morgan fingerprint density at radius 1 is 0.952 bits per heavy atom. The molecule has 0 saturated carbocycles. The Morgan fingerprint density at radius 3 is 2.14 bits per heavy atom. The van der Waals surface area contributed by atoms with Crippen LogP contribution in [0.1, 0.15) is 18.1 Å². The summed E-state index contributed by atoms with van der Waals surface area (Å²) in [5.41, 5.74) is 1.10. The second kappa shape index (κ2) is 8.13. The van der Waals surface area contributed by atoms with Crippen molar-refractivity contribution in [1.82, 2.24) is 0 Å². The third kappa shape index (κ3) is 4.65. The molecule has 2 aromatic carbocycles. The molecule has 0 aromatic heterocycles. The van der Waals surface area contributed by atoms with Crippen LogP contribution in [0.5, 0.6) is 5.75 Å². The molecule has 0 bridgehead atoms. The maximum atomic E-state index is 6.02. The van der Waals surface area contributed by atoms with Crippen molar-refractivity contribution >= 4 is 7.12 Å². The van der Waals surface area contributed by atoms with Crippen LogP contribution in [0.4, 0.5) is 0 Å². The summed E-state index contributed by atoms with van der Waals surface area (Å²) >= 11 is 0. The van der Waals surface area contributed by atoms with Crippen molar-refractivity contribution in [1.29, 1.82) is 0 Å². The Morgan fingerprint density at radius 2 is 1.57 bits per heavy atom. The van der Waals surface area contributed by atoms with Crippen LogP contribution in [0.3, 0.4) is 0 Å². The van der Waals surface area contributed by atoms with Gasteiger partial charge < -0.3 is 9.31 Å². The quantitative estimate of drug-likeness (QED) is 0.518. The van der Waals surface area contributed by atoms with Crippen LogP contribution < -0.4 is 4.65 Å². The Hall–Kier alpha value is -2.26. The van der Waals surface area contributed by atoms with E-state index in [1.54, 1.807) is 5.98 Å². The van der Waals surface area contributed by atoms with Gasteiger partial charge in [-0.25, -0.2) is 0 Å². The Balaban J connectivity index is 2.07. The van der Waals surface area contributed by atoms with Gasteiger partial charge in [-0.3, -0.25) is 0 Å². The first-order valence-electron chi connectivity index (χ1n) is 6.99. The highest BCUT2D eigenvalue weighted by atomic mass is 16.6. The summed E-state index contributed by atoms with van der Waals surface area (Å²) in [6.45, 7) is 7.58. The molecule has 1 atom stereocenters. The number of rotatable bonds is 8. The van der Waals surface area contributed by atoms with Crippen LogP contribution in [-0.4, -0.2) is 7.12 Å². The standard InChI is InChI=1S/C18H19BO2/c1-3-11-18(16-12-7-5-8-13-16)21-19(4-2)20-17-14-9-6-10-15-17/h3-10,12-15,18H,1-2,11H2. The van der Waals surface area contributed by atoms with Crippen LogP contribution in [0.2, 0.25) is 0 Å². The molecule has 21 heavy (non-hydrogen) atoms. The first kappa shape index (κ1) is 15.1. The zero-order chi connectivity index (χ0) is 14.9. The van der Waals surface area contributed by atoms with Gasteiger partial charge in [-0.2, -0.15) is 0 Å². The number of para-hydroxylation sites is 1. The molecule has 1 unspecified atom stereocenters. The first-order chi connectivity index (χ1) is 10.3. The second-order valence-corrected chi connectivity index (χ2v) is 4.59. The average molecular weight is 278 g/mol. The molecular weight excluding hydrogens is 259 g/mol. The number of hydrogen-bond donors (Lipinski definition) is 0. The zero-order valence-corrected chi connectivity index (χ0v) is 12.0. The maximum absolute atomic E-state index is 6.02. The molecule has 106 valence electrons. The summed E-state index contributed by atoms with van der Waals surface area (Å²) in [5, 5.41) is 0. The lowest BCUT2D eigenvalue weighted by molar-refractivity contribution is 0.181. The molecule has 0 radical (unpaired) electrons. The summed E-state index contributed by atoms with van der Waals surface area (Å²) in [7, 11) is -0.502. The van der Waals surface area contributed by atoms with E-state index in [-0.39, 0.29) is 6.10 Å². The molecule has 0 saturated heterocycles. The van der Waals surface area contributed by atoms with E-state index >= 15 is 0 Å². The zero-order valence-electron chi connectivity index (χ0n) is 12.0. The smallest absolute Gasteiger partial charge is 0.533 e. The van der Waals surface area contributed by atoms with E-state index in [1.165, 1.54) is 0 Å². The summed E-state index contributed by atoms with van der Waals surface area (Å²) in [6.07, 6.45) is 2.46. The van der Waals surface area contributed by atoms with Gasteiger partial charge >= 0.3 is 7.12 Å². The topological polar surface area (TPSA) is 18.5 Å². The highest BCUT2D eigenvalue weighted by Crippen LogP contribution is 2.23. The lowest BCUT2D eigenvalue weighted by Crippen LogP contribution is -2.26. The summed E-state index contributed by atoms with van der Waals surface area (Å²) in [6, 6.07) is 19.6. The van der Waals surface area contributed by atoms with Crippen LogP contribution in [0, 0.1) is 0 Å². The monoisotopic (exact) mass is 278 g/mol. The van der Waals surface area contributed by atoms with Crippen LogP contribution in [0.25, 0.3) is 0 Å². The van der Waals surface area contributed by atoms with E-state index in [2.05, 4.69) is 13.2 Å². The molecule has 2 aromatic rings. The third-order valence-electron chi connectivity index (χ3n) is 3.04. The molecule has 3 heteroatoms. The van der Waals surface area contributed by atoms with Crippen molar-refractivity contribution in [2.45, 2.75) is 12.5 Å². The van der Waals surface area contributed by atoms with Gasteiger partial charge in [0.2, 0.25) is 0 Å². The summed E-state index contributed by atoms with van der Waals surface area (Å²) in [4.78, 5) is 0. The van der Waals surface area contributed by atoms with Crippen molar-refractivity contribution in [2.75, 3.05) is 0 Å². The highest BCUT2D eigenvalue weighted by molar-refractivity contribution is 6.51. The van der Waals surface area contributed by atoms with Crippen molar-refractivity contribution in [3.05, 3.63) is 91.4 Å². The highest BCUT2D eigenvalue weighted by Gasteiger charge is 2.22. The predicted octanol–water partition coefficient (Wildman–Crippen LogP) is 4.61. The SMILES string of the molecule is C=CCC(OB(C=C)Oc1ccccc1)c1ccccc1. The van der Waals surface area contributed by atoms with Gasteiger partial charge in [-0.15, -0.1) is 13.2 Å². The molecule has 0 heterocycles. The molecule has 0 amide bonds. The molecule has 2 rings (SSSR count). The Bertz CT molecular complexity index is 554. The van der Waals surface area contributed by atoms with E-state index in [1.807, 2.05) is 66.7 Å². The van der Waals surface area contributed by atoms with Gasteiger partial charge in [-0.05, 0) is 30.1 Å². The van der Waals surface area contributed by atoms with Crippen molar-refractivity contribution in [3.63, 3.8) is 0 Å². The molecule has 0 aliphatic rings. The van der Waals surface area contributed by atoms with Crippen molar-refractivity contribution in [3.8, 4) is 5.75 Å². The van der Waals surface area contributed by atoms with E-state index in [0.29, 0.717) is 6.42 Å². The van der Waals surface area contributed by atoms with Gasteiger partial charge in [0.25, 0.3) is 0 Å². The molecule has 2 nitrogen and oxygen atoms in total. The normalized spacial score (nSPS) is 11.4. The summed E-state index contributed by atoms with van der Waals surface area (Å²) < 4.78 is 11.8. The Labute approximate surface area is 126 Å². The van der Waals surface area contributed by atoms with Gasteiger partial charge in [0.15, 0.2) is 0 Å². The van der Waals surface area contributed by atoms with E-state index in [4.69, 9.17) is 9.31 Å². The summed E-state index contributed by atoms with van der Waals surface area (Å²) in [5.74, 6) is 2.42.